The number of nitrogens with one attached hydrogen (secondary N) is 3. The average Bonchev–Trinajstić information content (AvgIpc) is 3.90. The van der Waals surface area contributed by atoms with Crippen molar-refractivity contribution in [3.05, 3.63) is 99.6 Å². The Morgan fingerprint density at radius 2 is 1.70 bits per heavy atom. The van der Waals surface area contributed by atoms with Gasteiger partial charge >= 0.3 is 0 Å². The minimum atomic E-state index is -0.934. The highest BCUT2D eigenvalue weighted by atomic mass is 35.5. The van der Waals surface area contributed by atoms with E-state index in [0.717, 1.165) is 33.8 Å². The predicted octanol–water partition coefficient (Wildman–Crippen LogP) is 8.72. The number of anilines is 1. The molecule has 15 heteroatoms. The Morgan fingerprint density at radius 3 is 2.31 bits per heavy atom. The minimum absolute atomic E-state index is 0.0213. The van der Waals surface area contributed by atoms with Crippen molar-refractivity contribution in [3.63, 3.8) is 0 Å². The molecule has 2 aliphatic rings. The topological polar surface area (TPSA) is 183 Å². The molecular weight excluding hydrogens is 888 g/mol. The Morgan fingerprint density at radius 1 is 1.01 bits per heavy atom. The lowest BCUT2D eigenvalue weighted by atomic mass is 9.49. The number of aryl methyl sites for hydroxylation is 1. The van der Waals surface area contributed by atoms with Crippen molar-refractivity contribution in [2.45, 2.75) is 124 Å². The van der Waals surface area contributed by atoms with E-state index in [4.69, 9.17) is 21.1 Å². The zero-order chi connectivity index (χ0) is 48.8. The number of rotatable bonds is 19. The second-order valence-corrected chi connectivity index (χ2v) is 21.5. The summed E-state index contributed by atoms with van der Waals surface area (Å²) in [5.41, 5.74) is 5.23. The number of carbonyl (C=O) groups excluding carboxylic acids is 4. The van der Waals surface area contributed by atoms with E-state index in [-0.39, 0.29) is 66.6 Å². The molecule has 2 fully saturated rings. The number of thiazole rings is 1. The number of carbonyl (C=O) groups is 4. The van der Waals surface area contributed by atoms with Crippen LogP contribution in [0.15, 0.2) is 72.2 Å². The summed E-state index contributed by atoms with van der Waals surface area (Å²) in [6.07, 6.45) is 0.759. The van der Waals surface area contributed by atoms with Crippen LogP contribution in [0.2, 0.25) is 5.02 Å². The van der Waals surface area contributed by atoms with Crippen LogP contribution in [0.1, 0.15) is 114 Å². The number of nitrogens with zero attached hydrogens (tertiary/aromatic N) is 3. The Kier molecular flexibility index (Phi) is 16.2. The summed E-state index contributed by atoms with van der Waals surface area (Å²) in [6.45, 7) is 18.6. The number of ether oxygens (including phenoxy) is 2. The first-order chi connectivity index (χ1) is 31.6. The van der Waals surface area contributed by atoms with Gasteiger partial charge in [0.05, 0.1) is 38.8 Å². The average molecular weight is 954 g/mol. The van der Waals surface area contributed by atoms with E-state index in [1.807, 2.05) is 76.5 Å². The Bertz CT molecular complexity index is 2430. The van der Waals surface area contributed by atoms with E-state index >= 15 is 0 Å². The molecule has 1 saturated heterocycles. The van der Waals surface area contributed by atoms with Crippen LogP contribution in [-0.4, -0.2) is 95.1 Å². The number of hydrogen-bond donors (Lipinski definition) is 4. The number of halogens is 1. The fourth-order valence-corrected chi connectivity index (χ4v) is 10.8. The zero-order valence-electron chi connectivity index (χ0n) is 40.1. The summed E-state index contributed by atoms with van der Waals surface area (Å²) in [5.74, 6) is -0.652. The number of β-amino-alcohol motifs (C(OH)–C–C–N with tert-alkyl or cyclic N) is 1. The summed E-state index contributed by atoms with van der Waals surface area (Å²) in [6, 6.07) is 20.7. The number of likely N-dealkylation sites (tertiary alicyclic amines) is 1. The van der Waals surface area contributed by atoms with Gasteiger partial charge in [0.2, 0.25) is 11.8 Å². The maximum Gasteiger partial charge on any atom is 0.251 e. The number of aliphatic hydroxyl groups is 1. The first-order valence-electron chi connectivity index (χ1n) is 23.0. The summed E-state index contributed by atoms with van der Waals surface area (Å²) in [4.78, 5) is 61.3. The monoisotopic (exact) mass is 952 g/mol. The van der Waals surface area contributed by atoms with Gasteiger partial charge in [0, 0.05) is 66.7 Å². The van der Waals surface area contributed by atoms with Crippen LogP contribution >= 0.6 is 22.9 Å². The second kappa shape index (κ2) is 21.3. The molecule has 0 bridgehead atoms. The molecule has 2 heterocycles. The molecule has 3 aromatic carbocycles. The number of amides is 3. The number of ketones is 1. The highest BCUT2D eigenvalue weighted by molar-refractivity contribution is 7.13. The van der Waals surface area contributed by atoms with Gasteiger partial charge in [-0.25, -0.2) is 4.98 Å². The quantitative estimate of drug-likeness (QED) is 0.0664. The second-order valence-electron chi connectivity index (χ2n) is 20.3. The predicted molar refractivity (Wildman–Crippen MR) is 262 cm³/mol. The standard InChI is InChI=1S/C52H65ClN6O7S/c1-31(33-12-14-34(15-13-33)44-32(2)56-30-67-44)24-42(61)41-25-38(60)28-59(41)47(64)45(50(3,4)5)57-43(62)29-65-23-11-10-22-55-37-19-16-35(17-20-37)46(63)58-48-51(6,7)49(52(48,8)9)66-39-21-18-36(27-54)40(53)26-39/h12-21,26,30-31,38,41,45,48-49,55,60H,10-11,22-25,28-29H2,1-9H3,(H,57,62)(H,58,63)/t31-,38+,41-,45+,48?,49?/m0/s1. The molecule has 1 aromatic heterocycles. The summed E-state index contributed by atoms with van der Waals surface area (Å²) >= 11 is 7.83. The summed E-state index contributed by atoms with van der Waals surface area (Å²) in [5, 5.41) is 29.7. The molecule has 1 aliphatic heterocycles. The number of unbranched alkanes of at least 4 members (excludes halogenated alkanes) is 1. The largest absolute Gasteiger partial charge is 0.489 e. The normalized spacial score (nSPS) is 20.5. The van der Waals surface area contributed by atoms with Gasteiger partial charge in [-0.3, -0.25) is 19.2 Å². The van der Waals surface area contributed by atoms with E-state index in [0.29, 0.717) is 41.5 Å². The van der Waals surface area contributed by atoms with E-state index in [9.17, 15) is 29.5 Å². The van der Waals surface area contributed by atoms with E-state index < -0.39 is 35.4 Å². The van der Waals surface area contributed by atoms with Crippen molar-refractivity contribution in [2.24, 2.45) is 16.2 Å². The van der Waals surface area contributed by atoms with Crippen LogP contribution in [0.5, 0.6) is 5.75 Å². The van der Waals surface area contributed by atoms with Gasteiger partial charge in [0.15, 0.2) is 5.78 Å². The summed E-state index contributed by atoms with van der Waals surface area (Å²) in [7, 11) is 0. The van der Waals surface area contributed by atoms with Crippen LogP contribution in [-0.2, 0) is 19.1 Å². The maximum absolute atomic E-state index is 14.1. The van der Waals surface area contributed by atoms with E-state index in [1.165, 1.54) is 4.90 Å². The fraction of sp³-hybridized carbons (Fsp3) is 0.500. The molecule has 0 spiro atoms. The van der Waals surface area contributed by atoms with Crippen molar-refractivity contribution >= 4 is 52.1 Å². The van der Waals surface area contributed by atoms with Crippen LogP contribution < -0.4 is 20.7 Å². The highest BCUT2D eigenvalue weighted by Crippen LogP contribution is 2.55. The highest BCUT2D eigenvalue weighted by Gasteiger charge is 2.64. The zero-order valence-corrected chi connectivity index (χ0v) is 41.6. The van der Waals surface area contributed by atoms with Gasteiger partial charge in [-0.2, -0.15) is 5.26 Å². The van der Waals surface area contributed by atoms with Crippen molar-refractivity contribution in [3.8, 4) is 22.3 Å². The molecule has 1 saturated carbocycles. The van der Waals surface area contributed by atoms with E-state index in [2.05, 4.69) is 54.7 Å². The lowest BCUT2D eigenvalue weighted by Gasteiger charge is -2.63. The van der Waals surface area contributed by atoms with Gasteiger partial charge in [0.25, 0.3) is 5.91 Å². The van der Waals surface area contributed by atoms with E-state index in [1.54, 1.807) is 41.7 Å². The number of nitriles is 1. The minimum Gasteiger partial charge on any atom is -0.489 e. The van der Waals surface area contributed by atoms with Crippen LogP contribution in [0, 0.1) is 34.5 Å². The molecule has 0 radical (unpaired) electrons. The van der Waals surface area contributed by atoms with Gasteiger partial charge in [0.1, 0.15) is 30.6 Å². The van der Waals surface area contributed by atoms with Gasteiger partial charge in [-0.1, -0.05) is 91.3 Å². The third kappa shape index (κ3) is 12.0. The van der Waals surface area contributed by atoms with Gasteiger partial charge < -0.3 is 35.4 Å². The lowest BCUT2D eigenvalue weighted by molar-refractivity contribution is -0.164. The number of benzene rings is 3. The Balaban J connectivity index is 0.906. The first-order valence-corrected chi connectivity index (χ1v) is 24.3. The third-order valence-electron chi connectivity index (χ3n) is 13.2. The smallest absolute Gasteiger partial charge is 0.251 e. The first kappa shape index (κ1) is 51.1. The number of hydrogen-bond acceptors (Lipinski definition) is 11. The molecule has 3 amide bonds. The number of Topliss-reactive ketones (excluding diaryl/α,β-unsaturated/α-hetero) is 1. The fourth-order valence-electron chi connectivity index (χ4n) is 9.75. The molecule has 4 N–H and O–H groups in total. The molecule has 67 heavy (non-hydrogen) atoms. The SMILES string of the molecule is Cc1ncsc1-c1ccc([C@@H](C)CC(=O)[C@@H]2C[C@@H](O)CN2C(=O)[C@@H](NC(=O)COCCCCNc2ccc(C(=O)NC3C(C)(C)C(Oc4ccc(C#N)c(Cl)c4)C3(C)C)cc2)C(C)(C)C)cc1. The Labute approximate surface area is 404 Å². The van der Waals surface area contributed by atoms with Gasteiger partial charge in [-0.05, 0) is 78.6 Å². The molecule has 4 aromatic rings. The van der Waals surface area contributed by atoms with Crippen molar-refractivity contribution in [1.29, 1.82) is 5.26 Å². The number of aromatic nitrogens is 1. The summed E-state index contributed by atoms with van der Waals surface area (Å²) < 4.78 is 12.1. The molecule has 358 valence electrons. The third-order valence-corrected chi connectivity index (χ3v) is 14.5. The molecule has 13 nitrogen and oxygen atoms in total. The van der Waals surface area contributed by atoms with Gasteiger partial charge in [-0.15, -0.1) is 11.3 Å². The van der Waals surface area contributed by atoms with Crippen molar-refractivity contribution in [1.82, 2.24) is 20.5 Å². The molecule has 0 unspecified atom stereocenters. The van der Waals surface area contributed by atoms with Crippen LogP contribution in [0.4, 0.5) is 5.69 Å². The molecular formula is C52H65ClN6O7S. The van der Waals surface area contributed by atoms with Crippen molar-refractivity contribution in [2.75, 3.05) is 31.6 Å². The van der Waals surface area contributed by atoms with Crippen molar-refractivity contribution < 1.29 is 33.8 Å². The molecule has 6 rings (SSSR count). The molecule has 4 atom stereocenters. The maximum atomic E-state index is 14.1. The number of aliphatic hydroxyl groups excluding tert-OH is 1. The Hall–Kier alpha value is -5.33. The van der Waals surface area contributed by atoms with Crippen LogP contribution in [0.3, 0.4) is 0 Å². The van der Waals surface area contributed by atoms with Crippen LogP contribution in [0.25, 0.3) is 10.4 Å². The molecule has 1 aliphatic carbocycles. The lowest BCUT2D eigenvalue weighted by Crippen LogP contribution is -2.74.